The van der Waals surface area contributed by atoms with Crippen LogP contribution in [0.1, 0.15) is 180 Å². The fourth-order valence-electron chi connectivity index (χ4n) is 17.3. The molecule has 9 heteroatoms. The molecule has 9 nitrogen and oxygen atoms in total. The molecule has 4 saturated carbocycles. The maximum Gasteiger partial charge on any atom is 0.159 e. The molecule has 15 atom stereocenters. The van der Waals surface area contributed by atoms with Crippen LogP contribution in [0, 0.1) is 51.2 Å². The molecule has 2 aromatic carbocycles. The van der Waals surface area contributed by atoms with E-state index in [1.54, 1.807) is 6.07 Å². The number of aromatic hydroxyl groups is 1. The second-order valence-corrected chi connectivity index (χ2v) is 25.4. The summed E-state index contributed by atoms with van der Waals surface area (Å²) in [7, 11) is 1.90. The number of β-amino-alcohol motifs (C(OH)–C–C–N with tert-alkyl or cyclic N) is 1. The molecule has 0 bridgehead atoms. The van der Waals surface area contributed by atoms with Gasteiger partial charge in [-0.25, -0.2) is 0 Å². The summed E-state index contributed by atoms with van der Waals surface area (Å²) < 4.78 is 6.61. The molecule has 368 valence electrons. The van der Waals surface area contributed by atoms with Gasteiger partial charge in [-0.3, -0.25) is 9.59 Å². The average molecular weight is 920 g/mol. The summed E-state index contributed by atoms with van der Waals surface area (Å²) in [5, 5.41) is 42.0. The minimum Gasteiger partial charge on any atom is -0.508 e. The van der Waals surface area contributed by atoms with Crippen LogP contribution >= 0.6 is 0 Å². The smallest absolute Gasteiger partial charge is 0.159 e. The predicted molar refractivity (Wildman–Crippen MR) is 267 cm³/mol. The molecule has 0 aromatic heterocycles. The Hall–Kier alpha value is -3.08. The second kappa shape index (κ2) is 17.3. The van der Waals surface area contributed by atoms with E-state index in [-0.39, 0.29) is 64.0 Å². The molecule has 7 aliphatic rings. The molecular formula is C58H85N3O6. The lowest BCUT2D eigenvalue weighted by Crippen LogP contribution is -2.70. The molecule has 9 rings (SSSR count). The van der Waals surface area contributed by atoms with Crippen molar-refractivity contribution >= 4 is 17.3 Å². The van der Waals surface area contributed by atoms with Crippen molar-refractivity contribution < 1.29 is 29.6 Å². The summed E-state index contributed by atoms with van der Waals surface area (Å²) in [6, 6.07) is 12.3. The highest BCUT2D eigenvalue weighted by Gasteiger charge is 2.72. The minimum absolute atomic E-state index is 0.0393. The molecule has 15 unspecified atom stereocenters. The summed E-state index contributed by atoms with van der Waals surface area (Å²) in [6.07, 6.45) is 10.7. The zero-order valence-electron chi connectivity index (χ0n) is 42.7. The zero-order valence-corrected chi connectivity index (χ0v) is 42.7. The number of fused-ring (bicyclic) bond motifs is 4. The third-order valence-electron chi connectivity index (χ3n) is 20.2. The number of nitrogens with two attached hydrogens (primary N) is 1. The van der Waals surface area contributed by atoms with E-state index in [0.29, 0.717) is 56.5 Å². The topological polar surface area (TPSA) is 157 Å². The highest BCUT2D eigenvalue weighted by atomic mass is 16.6. The molecule has 6 fully saturated rings. The summed E-state index contributed by atoms with van der Waals surface area (Å²) in [5.41, 5.74) is 11.1. The molecule has 0 radical (unpaired) electrons. The Kier molecular flexibility index (Phi) is 12.7. The summed E-state index contributed by atoms with van der Waals surface area (Å²) >= 11 is 0. The van der Waals surface area contributed by atoms with Crippen molar-refractivity contribution in [2.75, 3.05) is 19.3 Å². The number of nitrogen functional groups attached to an aromatic ring is 1. The van der Waals surface area contributed by atoms with Crippen LogP contribution in [-0.4, -0.2) is 69.9 Å². The Labute approximate surface area is 402 Å². The number of phenols is 1. The normalized spacial score (nSPS) is 41.7. The Balaban J connectivity index is 1.02. The van der Waals surface area contributed by atoms with Crippen LogP contribution < -0.4 is 16.4 Å². The van der Waals surface area contributed by atoms with Gasteiger partial charge in [0.05, 0.1) is 17.3 Å². The molecule has 2 saturated heterocycles. The molecule has 67 heavy (non-hydrogen) atoms. The molecule has 5 aliphatic carbocycles. The van der Waals surface area contributed by atoms with Crippen LogP contribution in [0.25, 0.3) is 0 Å². The van der Waals surface area contributed by atoms with E-state index < -0.39 is 28.1 Å². The van der Waals surface area contributed by atoms with Crippen LogP contribution in [0.15, 0.2) is 47.5 Å². The SMILES string of the molecule is CNCc1cc(O)cc(C2CC3(C)C4C(CC5(C)C3CCC3=C(C(C)CC(O)C6OC6(C)C6CCCC6c6cc(N)cc(CC(C)C)c6)C(=O)CC35C)NCC(C)(O)CCCCC4(C)C2=O)c1. The Bertz CT molecular complexity index is 2290. The fraction of sp³-hybridized carbons (Fsp3) is 0.724. The van der Waals surface area contributed by atoms with Gasteiger partial charge in [0.25, 0.3) is 0 Å². The number of aliphatic hydroxyl groups excluding tert-OH is 1. The van der Waals surface area contributed by atoms with Crippen molar-refractivity contribution in [3.63, 3.8) is 0 Å². The van der Waals surface area contributed by atoms with Gasteiger partial charge < -0.3 is 36.4 Å². The number of Topliss-reactive ketones (excluding diaryl/α,β-unsaturated/α-hetero) is 2. The second-order valence-electron chi connectivity index (χ2n) is 25.4. The molecule has 2 heterocycles. The van der Waals surface area contributed by atoms with E-state index in [1.807, 2.05) is 20.0 Å². The first kappa shape index (κ1) is 48.9. The number of hydrogen-bond acceptors (Lipinski definition) is 9. The number of rotatable bonds is 11. The maximum absolute atomic E-state index is 15.4. The van der Waals surface area contributed by atoms with Gasteiger partial charge in [-0.05, 0) is 184 Å². The summed E-state index contributed by atoms with van der Waals surface area (Å²) in [6.45, 7) is 21.4. The van der Waals surface area contributed by atoms with E-state index in [0.717, 1.165) is 86.6 Å². The van der Waals surface area contributed by atoms with Crippen molar-refractivity contribution in [1.29, 1.82) is 0 Å². The van der Waals surface area contributed by atoms with E-state index in [4.69, 9.17) is 10.5 Å². The first-order chi connectivity index (χ1) is 31.5. The highest BCUT2D eigenvalue weighted by molar-refractivity contribution is 6.00. The zero-order chi connectivity index (χ0) is 48.2. The molecular weight excluding hydrogens is 835 g/mol. The summed E-state index contributed by atoms with van der Waals surface area (Å²) in [5.74, 6) is 1.67. The van der Waals surface area contributed by atoms with Gasteiger partial charge in [-0.15, -0.1) is 0 Å². The Morgan fingerprint density at radius 2 is 1.63 bits per heavy atom. The number of allylic oxidation sites excluding steroid dienone is 2. The van der Waals surface area contributed by atoms with Crippen LogP contribution in [0.4, 0.5) is 5.69 Å². The van der Waals surface area contributed by atoms with Crippen LogP contribution in [-0.2, 0) is 27.3 Å². The molecule has 2 aromatic rings. The predicted octanol–water partition coefficient (Wildman–Crippen LogP) is 10.1. The largest absolute Gasteiger partial charge is 0.508 e. The lowest BCUT2D eigenvalue weighted by Gasteiger charge is -2.71. The van der Waals surface area contributed by atoms with Crippen molar-refractivity contribution in [1.82, 2.24) is 10.6 Å². The first-order valence-corrected chi connectivity index (χ1v) is 26.5. The Morgan fingerprint density at radius 1 is 0.896 bits per heavy atom. The van der Waals surface area contributed by atoms with E-state index in [2.05, 4.69) is 90.3 Å². The number of hydrogen-bond donors (Lipinski definition) is 6. The number of carbonyl (C=O) groups is 2. The molecule has 7 N–H and O–H groups in total. The van der Waals surface area contributed by atoms with Crippen LogP contribution in [0.3, 0.4) is 0 Å². The van der Waals surface area contributed by atoms with Crippen molar-refractivity contribution in [2.24, 2.45) is 51.2 Å². The van der Waals surface area contributed by atoms with Gasteiger partial charge in [-0.2, -0.15) is 0 Å². The number of ketones is 2. The number of carbonyl (C=O) groups excluding carboxylic acids is 2. The number of benzene rings is 2. The van der Waals surface area contributed by atoms with Crippen LogP contribution in [0.5, 0.6) is 5.75 Å². The number of anilines is 1. The molecule has 0 amide bonds. The quantitative estimate of drug-likeness (QED) is 0.0954. The monoisotopic (exact) mass is 920 g/mol. The van der Waals surface area contributed by atoms with Crippen LogP contribution in [0.2, 0.25) is 0 Å². The Morgan fingerprint density at radius 3 is 2.36 bits per heavy atom. The number of epoxide rings is 1. The van der Waals surface area contributed by atoms with E-state index >= 15 is 4.79 Å². The minimum atomic E-state index is -0.866. The van der Waals surface area contributed by atoms with Gasteiger partial charge in [-0.1, -0.05) is 85.4 Å². The van der Waals surface area contributed by atoms with Gasteiger partial charge in [0.15, 0.2) is 5.78 Å². The molecule has 0 spiro atoms. The average Bonchev–Trinajstić information content (AvgIpc) is 3.53. The maximum atomic E-state index is 15.4. The standard InChI is InChI=1S/C58H85N3O6/c1-33(2)20-35-22-37(26-39(59)24-35)41-14-13-15-43(41)58(9)52(67-58)46(63)21-34(3)49-44-16-17-48-55(6)28-42(38-23-36(31-60-10)25-40(62)27-38)51(65)54(5)19-12-11-18-53(4,66)32-61-45(50(54)55)29-57(48,8)56(44,7)30-47(49)64/h22-27,33-34,41-43,45-46,48,50,52,60-63,66H,11-21,28-32,59H2,1-10H3. The fourth-order valence-corrected chi connectivity index (χ4v) is 17.3. The van der Waals surface area contributed by atoms with E-state index in [9.17, 15) is 20.1 Å². The van der Waals surface area contributed by atoms with E-state index in [1.165, 1.54) is 16.7 Å². The van der Waals surface area contributed by atoms with Gasteiger partial charge in [0.1, 0.15) is 17.6 Å². The lowest BCUT2D eigenvalue weighted by atomic mass is 9.34. The molecule has 2 aliphatic heterocycles. The van der Waals surface area contributed by atoms with Gasteiger partial charge >= 0.3 is 0 Å². The number of phenolic OH excluding ortho intramolecular Hbond substituents is 1. The summed E-state index contributed by atoms with van der Waals surface area (Å²) in [4.78, 5) is 30.2. The third kappa shape index (κ3) is 8.18. The van der Waals surface area contributed by atoms with Gasteiger partial charge in [0.2, 0.25) is 0 Å². The van der Waals surface area contributed by atoms with Crippen molar-refractivity contribution in [3.8, 4) is 5.75 Å². The van der Waals surface area contributed by atoms with Crippen molar-refractivity contribution in [2.45, 2.75) is 200 Å². The number of ether oxygens (including phenoxy) is 1. The van der Waals surface area contributed by atoms with Gasteiger partial charge in [0, 0.05) is 48.0 Å². The van der Waals surface area contributed by atoms with Crippen molar-refractivity contribution in [3.05, 3.63) is 69.8 Å². The third-order valence-corrected chi connectivity index (χ3v) is 20.2. The lowest BCUT2D eigenvalue weighted by molar-refractivity contribution is -0.198. The number of nitrogens with one attached hydrogen (secondary N) is 2. The number of aliphatic hydroxyl groups is 2. The highest BCUT2D eigenvalue weighted by Crippen LogP contribution is 2.75. The first-order valence-electron chi connectivity index (χ1n) is 26.5.